The van der Waals surface area contributed by atoms with Gasteiger partial charge < -0.3 is 9.67 Å². The monoisotopic (exact) mass is 307 g/mol. The van der Waals surface area contributed by atoms with E-state index in [4.69, 9.17) is 5.11 Å². The second-order valence-corrected chi connectivity index (χ2v) is 5.50. The fraction of sp³-hybridized carbons (Fsp3) is 0.158. The Hall–Kier alpha value is -2.88. The number of hydrogen-bond acceptors (Lipinski definition) is 2. The van der Waals surface area contributed by atoms with Crippen LogP contribution in [0, 0.1) is 0 Å². The third-order valence-electron chi connectivity index (χ3n) is 3.89. The standard InChI is InChI=1S/C19H17NO3/c21-18(22)12-15-13-20(11-10-14-6-2-1-3-7-14)17-9-5-4-8-16(17)19(15)23/h1-9,13H,10-12H2,(H,21,22). The third-order valence-corrected chi connectivity index (χ3v) is 3.89. The van der Waals surface area contributed by atoms with Crippen molar-refractivity contribution < 1.29 is 9.90 Å². The quantitative estimate of drug-likeness (QED) is 0.788. The molecule has 0 unspecified atom stereocenters. The van der Waals surface area contributed by atoms with Crippen LogP contribution in [0.25, 0.3) is 10.9 Å². The maximum absolute atomic E-state index is 12.4. The van der Waals surface area contributed by atoms with Crippen LogP contribution in [0.2, 0.25) is 0 Å². The Balaban J connectivity index is 2.02. The zero-order valence-electron chi connectivity index (χ0n) is 12.6. The van der Waals surface area contributed by atoms with Gasteiger partial charge in [-0.05, 0) is 24.1 Å². The van der Waals surface area contributed by atoms with Gasteiger partial charge in [0.2, 0.25) is 0 Å². The van der Waals surface area contributed by atoms with Crippen LogP contribution < -0.4 is 5.43 Å². The molecular weight excluding hydrogens is 290 g/mol. The first-order valence-corrected chi connectivity index (χ1v) is 7.52. The highest BCUT2D eigenvalue weighted by atomic mass is 16.4. The fourth-order valence-corrected chi connectivity index (χ4v) is 2.77. The molecule has 0 atom stereocenters. The van der Waals surface area contributed by atoms with E-state index in [9.17, 15) is 9.59 Å². The van der Waals surface area contributed by atoms with E-state index in [0.29, 0.717) is 17.5 Å². The molecule has 0 aliphatic heterocycles. The van der Waals surface area contributed by atoms with Crippen molar-refractivity contribution in [3.63, 3.8) is 0 Å². The largest absolute Gasteiger partial charge is 0.481 e. The Morgan fingerprint density at radius 3 is 2.43 bits per heavy atom. The minimum atomic E-state index is -0.994. The van der Waals surface area contributed by atoms with E-state index in [1.807, 2.05) is 34.9 Å². The molecule has 3 rings (SSSR count). The second-order valence-electron chi connectivity index (χ2n) is 5.50. The molecular formula is C19H17NO3. The van der Waals surface area contributed by atoms with Gasteiger partial charge in [-0.2, -0.15) is 0 Å². The molecule has 4 nitrogen and oxygen atoms in total. The Bertz CT molecular complexity index is 897. The van der Waals surface area contributed by atoms with Crippen LogP contribution in [0.3, 0.4) is 0 Å². The number of benzene rings is 2. The first-order valence-electron chi connectivity index (χ1n) is 7.52. The maximum Gasteiger partial charge on any atom is 0.308 e. The molecule has 116 valence electrons. The lowest BCUT2D eigenvalue weighted by atomic mass is 10.1. The van der Waals surface area contributed by atoms with E-state index in [0.717, 1.165) is 11.9 Å². The molecule has 0 radical (unpaired) electrons. The lowest BCUT2D eigenvalue weighted by Gasteiger charge is -2.13. The number of carboxylic acid groups (broad SMARTS) is 1. The summed E-state index contributed by atoms with van der Waals surface area (Å²) in [6, 6.07) is 17.4. The van der Waals surface area contributed by atoms with E-state index >= 15 is 0 Å². The van der Waals surface area contributed by atoms with Gasteiger partial charge in [0.25, 0.3) is 0 Å². The van der Waals surface area contributed by atoms with Crippen LogP contribution >= 0.6 is 0 Å². The number of hydrogen-bond donors (Lipinski definition) is 1. The number of carbonyl (C=O) groups is 1. The zero-order chi connectivity index (χ0) is 16.2. The molecule has 23 heavy (non-hydrogen) atoms. The molecule has 0 bridgehead atoms. The van der Waals surface area contributed by atoms with Crippen molar-refractivity contribution in [3.05, 3.63) is 82.1 Å². The van der Waals surface area contributed by atoms with E-state index in [-0.39, 0.29) is 11.8 Å². The molecule has 2 aromatic carbocycles. The summed E-state index contributed by atoms with van der Waals surface area (Å²) in [4.78, 5) is 23.4. The van der Waals surface area contributed by atoms with Crippen molar-refractivity contribution in [1.29, 1.82) is 0 Å². The van der Waals surface area contributed by atoms with Crippen LogP contribution in [0.1, 0.15) is 11.1 Å². The van der Waals surface area contributed by atoms with Crippen molar-refractivity contribution in [2.45, 2.75) is 19.4 Å². The Morgan fingerprint density at radius 1 is 1.00 bits per heavy atom. The number of fused-ring (bicyclic) bond motifs is 1. The first-order chi connectivity index (χ1) is 11.1. The summed E-state index contributed by atoms with van der Waals surface area (Å²) in [6.45, 7) is 0.692. The second kappa shape index (κ2) is 6.48. The van der Waals surface area contributed by atoms with Crippen LogP contribution in [0.5, 0.6) is 0 Å². The zero-order valence-corrected chi connectivity index (χ0v) is 12.6. The van der Waals surface area contributed by atoms with Gasteiger partial charge in [0.05, 0.1) is 11.9 Å². The number of para-hydroxylation sites is 1. The number of aromatic nitrogens is 1. The number of aliphatic carboxylic acids is 1. The lowest BCUT2D eigenvalue weighted by molar-refractivity contribution is -0.136. The minimum Gasteiger partial charge on any atom is -0.481 e. The van der Waals surface area contributed by atoms with Crippen LogP contribution in [-0.2, 0) is 24.2 Å². The molecule has 0 aliphatic rings. The molecule has 1 N–H and O–H groups in total. The van der Waals surface area contributed by atoms with Gasteiger partial charge in [-0.25, -0.2) is 0 Å². The first kappa shape index (κ1) is 15.0. The van der Waals surface area contributed by atoms with Gasteiger partial charge >= 0.3 is 5.97 Å². The fourth-order valence-electron chi connectivity index (χ4n) is 2.77. The van der Waals surface area contributed by atoms with Crippen LogP contribution in [-0.4, -0.2) is 15.6 Å². The summed E-state index contributed by atoms with van der Waals surface area (Å²) in [7, 11) is 0. The van der Waals surface area contributed by atoms with Gasteiger partial charge in [-0.1, -0.05) is 42.5 Å². The Labute approximate surface area is 133 Å². The van der Waals surface area contributed by atoms with Crippen molar-refractivity contribution >= 4 is 16.9 Å². The average Bonchev–Trinajstić information content (AvgIpc) is 2.57. The van der Waals surface area contributed by atoms with Gasteiger partial charge in [-0.15, -0.1) is 0 Å². The van der Waals surface area contributed by atoms with Crippen molar-refractivity contribution in [3.8, 4) is 0 Å². The van der Waals surface area contributed by atoms with Crippen LogP contribution in [0.15, 0.2) is 65.6 Å². The lowest BCUT2D eigenvalue weighted by Crippen LogP contribution is -2.18. The summed E-state index contributed by atoms with van der Waals surface area (Å²) >= 11 is 0. The molecule has 1 heterocycles. The number of nitrogens with zero attached hydrogens (tertiary/aromatic N) is 1. The molecule has 1 aromatic heterocycles. The molecule has 0 saturated carbocycles. The van der Waals surface area contributed by atoms with Gasteiger partial charge in [0, 0.05) is 23.7 Å². The molecule has 0 fully saturated rings. The smallest absolute Gasteiger partial charge is 0.308 e. The van der Waals surface area contributed by atoms with E-state index in [2.05, 4.69) is 12.1 Å². The molecule has 0 amide bonds. The van der Waals surface area contributed by atoms with Gasteiger partial charge in [0.1, 0.15) is 0 Å². The summed E-state index contributed by atoms with van der Waals surface area (Å²) in [5, 5.41) is 9.58. The third kappa shape index (κ3) is 3.31. The molecule has 0 aliphatic carbocycles. The normalized spacial score (nSPS) is 10.8. The molecule has 0 spiro atoms. The van der Waals surface area contributed by atoms with Crippen LogP contribution in [0.4, 0.5) is 0 Å². The van der Waals surface area contributed by atoms with Crippen molar-refractivity contribution in [1.82, 2.24) is 4.57 Å². The van der Waals surface area contributed by atoms with E-state index in [1.54, 1.807) is 18.3 Å². The van der Waals surface area contributed by atoms with Crippen molar-refractivity contribution in [2.75, 3.05) is 0 Å². The van der Waals surface area contributed by atoms with E-state index in [1.165, 1.54) is 5.56 Å². The molecule has 4 heteroatoms. The Morgan fingerprint density at radius 2 is 1.70 bits per heavy atom. The van der Waals surface area contributed by atoms with Gasteiger partial charge in [0.15, 0.2) is 5.43 Å². The Kier molecular flexibility index (Phi) is 4.24. The summed E-state index contributed by atoms with van der Waals surface area (Å²) in [5.41, 5.74) is 2.17. The molecule has 0 saturated heterocycles. The molecule has 3 aromatic rings. The highest BCUT2D eigenvalue weighted by molar-refractivity contribution is 5.81. The maximum atomic E-state index is 12.4. The number of carboxylic acids is 1. The number of aryl methyl sites for hydroxylation is 2. The van der Waals surface area contributed by atoms with Gasteiger partial charge in [-0.3, -0.25) is 9.59 Å². The SMILES string of the molecule is O=C(O)Cc1cn(CCc2ccccc2)c2ccccc2c1=O. The summed E-state index contributed by atoms with van der Waals surface area (Å²) < 4.78 is 1.97. The summed E-state index contributed by atoms with van der Waals surface area (Å²) in [6.07, 6.45) is 2.25. The predicted molar refractivity (Wildman–Crippen MR) is 89.7 cm³/mol. The highest BCUT2D eigenvalue weighted by Gasteiger charge is 2.11. The minimum absolute atomic E-state index is 0.195. The summed E-state index contributed by atoms with van der Waals surface area (Å²) in [5.74, 6) is -0.994. The average molecular weight is 307 g/mol. The van der Waals surface area contributed by atoms with E-state index < -0.39 is 5.97 Å². The highest BCUT2D eigenvalue weighted by Crippen LogP contribution is 2.13. The number of rotatable bonds is 5. The van der Waals surface area contributed by atoms with Crippen molar-refractivity contribution in [2.24, 2.45) is 0 Å². The number of pyridine rings is 1. The topological polar surface area (TPSA) is 59.3 Å². The predicted octanol–water partition coefficient (Wildman–Crippen LogP) is 2.87.